The molecule has 0 heterocycles. The van der Waals surface area contributed by atoms with Gasteiger partial charge in [0, 0.05) is 6.42 Å². The van der Waals surface area contributed by atoms with Crippen molar-refractivity contribution < 1.29 is 24.2 Å². The van der Waals surface area contributed by atoms with Crippen LogP contribution in [-0.4, -0.2) is 31.2 Å². The first-order chi connectivity index (χ1) is 12.0. The molecule has 6 heteroatoms. The summed E-state index contributed by atoms with van der Waals surface area (Å²) in [6, 6.07) is 12.0. The third-order valence-corrected chi connectivity index (χ3v) is 3.89. The quantitative estimate of drug-likeness (QED) is 0.803. The molecule has 25 heavy (non-hydrogen) atoms. The van der Waals surface area contributed by atoms with Gasteiger partial charge in [-0.05, 0) is 35.7 Å². The lowest BCUT2D eigenvalue weighted by Gasteiger charge is -2.16. The zero-order valence-corrected chi connectivity index (χ0v) is 14.4. The second-order valence-electron chi connectivity index (χ2n) is 5.61. The second-order valence-corrected chi connectivity index (χ2v) is 5.61. The fourth-order valence-electron chi connectivity index (χ4n) is 2.60. The van der Waals surface area contributed by atoms with Gasteiger partial charge in [0.25, 0.3) is 0 Å². The molecule has 0 aliphatic heterocycles. The number of methoxy groups -OCH3 is 2. The molecule has 0 bridgehead atoms. The number of amides is 1. The average molecular weight is 343 g/mol. The maximum absolute atomic E-state index is 12.3. The van der Waals surface area contributed by atoms with Gasteiger partial charge in [0.2, 0.25) is 5.91 Å². The lowest BCUT2D eigenvalue weighted by atomic mass is 9.96. The standard InChI is InChI=1S/C19H21NO5/c1-12(14-6-4-5-7-17(14)25-3)10-18(21)20-16-9-8-13(24-2)11-15(16)19(22)23/h4-9,11-12H,10H2,1-3H3,(H,20,21)(H,22,23). The lowest BCUT2D eigenvalue weighted by Crippen LogP contribution is -2.17. The minimum absolute atomic E-state index is 0.0161. The largest absolute Gasteiger partial charge is 0.497 e. The van der Waals surface area contributed by atoms with E-state index in [-0.39, 0.29) is 29.5 Å². The number of anilines is 1. The molecule has 0 aromatic heterocycles. The van der Waals surface area contributed by atoms with Crippen molar-refractivity contribution >= 4 is 17.6 Å². The summed E-state index contributed by atoms with van der Waals surface area (Å²) >= 11 is 0. The third kappa shape index (κ3) is 4.50. The Hall–Kier alpha value is -3.02. The van der Waals surface area contributed by atoms with E-state index in [1.165, 1.54) is 19.2 Å². The Kier molecular flexibility index (Phi) is 6.00. The Labute approximate surface area is 146 Å². The number of carboxylic acids is 1. The molecule has 132 valence electrons. The van der Waals surface area contributed by atoms with E-state index >= 15 is 0 Å². The number of nitrogens with one attached hydrogen (secondary N) is 1. The number of carbonyl (C=O) groups is 2. The number of hydrogen-bond donors (Lipinski definition) is 2. The summed E-state index contributed by atoms with van der Waals surface area (Å²) in [7, 11) is 3.04. The molecule has 2 aromatic carbocycles. The molecule has 0 saturated heterocycles. The van der Waals surface area contributed by atoms with E-state index < -0.39 is 5.97 Å². The van der Waals surface area contributed by atoms with E-state index in [1.807, 2.05) is 31.2 Å². The van der Waals surface area contributed by atoms with Crippen LogP contribution in [0.15, 0.2) is 42.5 Å². The number of rotatable bonds is 7. The molecular formula is C19H21NO5. The van der Waals surface area contributed by atoms with Crippen molar-refractivity contribution in [2.75, 3.05) is 19.5 Å². The summed E-state index contributed by atoms with van der Waals surface area (Å²) in [6.07, 6.45) is 0.200. The Morgan fingerprint density at radius 1 is 1.12 bits per heavy atom. The smallest absolute Gasteiger partial charge is 0.337 e. The molecule has 1 amide bonds. The fourth-order valence-corrected chi connectivity index (χ4v) is 2.60. The Morgan fingerprint density at radius 3 is 2.48 bits per heavy atom. The van der Waals surface area contributed by atoms with Crippen LogP contribution in [0.1, 0.15) is 35.2 Å². The molecule has 0 fully saturated rings. The van der Waals surface area contributed by atoms with Gasteiger partial charge in [0.1, 0.15) is 11.5 Å². The van der Waals surface area contributed by atoms with Crippen LogP contribution in [0.3, 0.4) is 0 Å². The van der Waals surface area contributed by atoms with Crippen LogP contribution < -0.4 is 14.8 Å². The summed E-state index contributed by atoms with van der Waals surface area (Å²) in [6.45, 7) is 1.92. The normalized spacial score (nSPS) is 11.5. The predicted octanol–water partition coefficient (Wildman–Crippen LogP) is 3.53. The Morgan fingerprint density at radius 2 is 1.84 bits per heavy atom. The molecule has 2 rings (SSSR count). The molecule has 0 saturated carbocycles. The molecule has 0 aliphatic carbocycles. The molecule has 2 aromatic rings. The topological polar surface area (TPSA) is 84.9 Å². The first-order valence-electron chi connectivity index (χ1n) is 7.80. The lowest BCUT2D eigenvalue weighted by molar-refractivity contribution is -0.116. The van der Waals surface area contributed by atoms with Gasteiger partial charge in [-0.25, -0.2) is 4.79 Å². The minimum atomic E-state index is -1.13. The highest BCUT2D eigenvalue weighted by Gasteiger charge is 2.18. The minimum Gasteiger partial charge on any atom is -0.497 e. The third-order valence-electron chi connectivity index (χ3n) is 3.89. The molecule has 0 radical (unpaired) electrons. The van der Waals surface area contributed by atoms with Crippen LogP contribution in [0.5, 0.6) is 11.5 Å². The van der Waals surface area contributed by atoms with Gasteiger partial charge in [0.05, 0.1) is 25.5 Å². The van der Waals surface area contributed by atoms with Crippen LogP contribution in [0.25, 0.3) is 0 Å². The monoisotopic (exact) mass is 343 g/mol. The molecule has 1 unspecified atom stereocenters. The molecule has 0 spiro atoms. The van der Waals surface area contributed by atoms with Crippen LogP contribution in [0.4, 0.5) is 5.69 Å². The predicted molar refractivity (Wildman–Crippen MR) is 94.6 cm³/mol. The van der Waals surface area contributed by atoms with Gasteiger partial charge in [-0.3, -0.25) is 4.79 Å². The fraction of sp³-hybridized carbons (Fsp3) is 0.263. The van der Waals surface area contributed by atoms with Gasteiger partial charge >= 0.3 is 5.97 Å². The van der Waals surface area contributed by atoms with Gasteiger partial charge in [-0.1, -0.05) is 25.1 Å². The first kappa shape index (κ1) is 18.3. The van der Waals surface area contributed by atoms with E-state index in [9.17, 15) is 14.7 Å². The number of aromatic carboxylic acids is 1. The Bertz CT molecular complexity index is 772. The van der Waals surface area contributed by atoms with E-state index in [4.69, 9.17) is 9.47 Å². The van der Waals surface area contributed by atoms with Crippen molar-refractivity contribution in [3.05, 3.63) is 53.6 Å². The summed E-state index contributed by atoms with van der Waals surface area (Å²) in [5.74, 6) is -0.350. The van der Waals surface area contributed by atoms with Crippen molar-refractivity contribution in [1.29, 1.82) is 0 Å². The van der Waals surface area contributed by atoms with Crippen molar-refractivity contribution in [3.63, 3.8) is 0 Å². The van der Waals surface area contributed by atoms with Crippen LogP contribution >= 0.6 is 0 Å². The zero-order valence-electron chi connectivity index (χ0n) is 14.4. The summed E-state index contributed by atoms with van der Waals surface area (Å²) < 4.78 is 10.3. The van der Waals surface area contributed by atoms with Crippen molar-refractivity contribution in [2.45, 2.75) is 19.3 Å². The number of benzene rings is 2. The molecule has 2 N–H and O–H groups in total. The van der Waals surface area contributed by atoms with Crippen LogP contribution in [0.2, 0.25) is 0 Å². The van der Waals surface area contributed by atoms with Crippen molar-refractivity contribution in [3.8, 4) is 11.5 Å². The summed E-state index contributed by atoms with van der Waals surface area (Å²) in [5, 5.41) is 12.0. The highest BCUT2D eigenvalue weighted by molar-refractivity contribution is 6.01. The Balaban J connectivity index is 2.13. The first-order valence-corrected chi connectivity index (χ1v) is 7.80. The number of ether oxygens (including phenoxy) is 2. The number of carbonyl (C=O) groups excluding carboxylic acids is 1. The second kappa shape index (κ2) is 8.19. The maximum atomic E-state index is 12.3. The van der Waals surface area contributed by atoms with Gasteiger partial charge in [0.15, 0.2) is 0 Å². The summed E-state index contributed by atoms with van der Waals surface area (Å²) in [5.41, 5.74) is 1.15. The number of carboxylic acid groups (broad SMARTS) is 1. The maximum Gasteiger partial charge on any atom is 0.337 e. The van der Waals surface area contributed by atoms with E-state index in [1.54, 1.807) is 13.2 Å². The average Bonchev–Trinajstić information content (AvgIpc) is 2.61. The van der Waals surface area contributed by atoms with Gasteiger partial charge in [-0.15, -0.1) is 0 Å². The van der Waals surface area contributed by atoms with Crippen LogP contribution in [0, 0.1) is 0 Å². The highest BCUT2D eigenvalue weighted by Crippen LogP contribution is 2.29. The van der Waals surface area contributed by atoms with E-state index in [0.717, 1.165) is 11.3 Å². The van der Waals surface area contributed by atoms with Crippen molar-refractivity contribution in [2.24, 2.45) is 0 Å². The van der Waals surface area contributed by atoms with E-state index in [2.05, 4.69) is 5.32 Å². The van der Waals surface area contributed by atoms with E-state index in [0.29, 0.717) is 5.75 Å². The molecule has 0 aliphatic rings. The van der Waals surface area contributed by atoms with Crippen molar-refractivity contribution in [1.82, 2.24) is 0 Å². The highest BCUT2D eigenvalue weighted by atomic mass is 16.5. The van der Waals surface area contributed by atoms with Gasteiger partial charge in [-0.2, -0.15) is 0 Å². The molecule has 6 nitrogen and oxygen atoms in total. The number of para-hydroxylation sites is 1. The van der Waals surface area contributed by atoms with Crippen LogP contribution in [-0.2, 0) is 4.79 Å². The molecular weight excluding hydrogens is 322 g/mol. The van der Waals surface area contributed by atoms with Gasteiger partial charge < -0.3 is 19.9 Å². The SMILES string of the molecule is COc1ccc(NC(=O)CC(C)c2ccccc2OC)c(C(=O)O)c1. The number of hydrogen-bond acceptors (Lipinski definition) is 4. The molecule has 1 atom stereocenters. The zero-order chi connectivity index (χ0) is 18.4. The summed E-state index contributed by atoms with van der Waals surface area (Å²) in [4.78, 5) is 23.7.